The van der Waals surface area contributed by atoms with Crippen LogP contribution in [0.1, 0.15) is 43.9 Å². The highest BCUT2D eigenvalue weighted by atomic mass is 16.2. The monoisotopic (exact) mass is 344 g/mol. The minimum Gasteiger partial charge on any atom is -0.338 e. The van der Waals surface area contributed by atoms with Crippen molar-refractivity contribution < 1.29 is 9.59 Å². The van der Waals surface area contributed by atoms with E-state index in [1.807, 2.05) is 19.1 Å². The Bertz CT molecular complexity index is 646. The molecular weight excluding hydrogens is 316 g/mol. The molecule has 6 heteroatoms. The number of likely N-dealkylation sites (tertiary alicyclic amines) is 1. The molecule has 2 heterocycles. The molecule has 0 bridgehead atoms. The molecule has 0 spiro atoms. The molecule has 1 aromatic carbocycles. The summed E-state index contributed by atoms with van der Waals surface area (Å²) in [5, 5.41) is 8.90. The lowest BCUT2D eigenvalue weighted by Gasteiger charge is -2.21. The van der Waals surface area contributed by atoms with Crippen LogP contribution in [-0.4, -0.2) is 43.0 Å². The predicted octanol–water partition coefficient (Wildman–Crippen LogP) is 2.27. The highest BCUT2D eigenvalue weighted by Crippen LogP contribution is 2.26. The summed E-state index contributed by atoms with van der Waals surface area (Å²) in [5.74, 6) is 0.618. The largest absolute Gasteiger partial charge is 0.338 e. The van der Waals surface area contributed by atoms with Crippen molar-refractivity contribution in [2.75, 3.05) is 31.5 Å². The number of nitrogens with zero attached hydrogens (tertiary/aromatic N) is 1. The Morgan fingerprint density at radius 2 is 2.24 bits per heavy atom. The Labute approximate surface area is 149 Å². The molecule has 0 saturated carbocycles. The van der Waals surface area contributed by atoms with Crippen LogP contribution in [0.25, 0.3) is 0 Å². The maximum atomic E-state index is 12.2. The number of anilines is 1. The molecule has 0 aliphatic carbocycles. The fraction of sp³-hybridized carbons (Fsp3) is 0.579. The van der Waals surface area contributed by atoms with Gasteiger partial charge < -0.3 is 20.9 Å². The quantitative estimate of drug-likeness (QED) is 0.767. The van der Waals surface area contributed by atoms with Crippen molar-refractivity contribution in [3.8, 4) is 0 Å². The lowest BCUT2D eigenvalue weighted by atomic mass is 9.98. The Morgan fingerprint density at radius 3 is 3.00 bits per heavy atom. The number of hydrogen-bond donors (Lipinski definition) is 3. The van der Waals surface area contributed by atoms with Crippen molar-refractivity contribution >= 4 is 17.6 Å². The summed E-state index contributed by atoms with van der Waals surface area (Å²) in [7, 11) is 0. The van der Waals surface area contributed by atoms with Crippen LogP contribution in [-0.2, 0) is 11.2 Å². The van der Waals surface area contributed by atoms with E-state index in [0.29, 0.717) is 12.3 Å². The third-order valence-corrected chi connectivity index (χ3v) is 5.24. The molecule has 136 valence electrons. The summed E-state index contributed by atoms with van der Waals surface area (Å²) < 4.78 is 0. The maximum Gasteiger partial charge on any atom is 0.315 e. The number of carbonyl (C=O) groups excluding carboxylic acids is 2. The van der Waals surface area contributed by atoms with Crippen molar-refractivity contribution in [3.63, 3.8) is 0 Å². The van der Waals surface area contributed by atoms with Crippen LogP contribution in [0.15, 0.2) is 18.2 Å². The zero-order valence-electron chi connectivity index (χ0n) is 15.1. The lowest BCUT2D eigenvalue weighted by molar-refractivity contribution is -0.116. The Hall–Kier alpha value is -2.08. The van der Waals surface area contributed by atoms with E-state index in [1.54, 1.807) is 0 Å². The topological polar surface area (TPSA) is 73.5 Å². The lowest BCUT2D eigenvalue weighted by Crippen LogP contribution is -2.40. The third-order valence-electron chi connectivity index (χ3n) is 5.24. The number of benzene rings is 1. The minimum absolute atomic E-state index is 0.0688. The number of carbonyl (C=O) groups is 2. The molecule has 2 aliphatic rings. The summed E-state index contributed by atoms with van der Waals surface area (Å²) in [5.41, 5.74) is 3.08. The molecule has 1 fully saturated rings. The molecule has 1 aromatic rings. The summed E-state index contributed by atoms with van der Waals surface area (Å²) in [6, 6.07) is 5.78. The van der Waals surface area contributed by atoms with Gasteiger partial charge in [-0.3, -0.25) is 4.79 Å². The van der Waals surface area contributed by atoms with Gasteiger partial charge in [0, 0.05) is 25.2 Å². The van der Waals surface area contributed by atoms with Gasteiger partial charge in [0.1, 0.15) is 0 Å². The molecular formula is C19H28N4O2. The highest BCUT2D eigenvalue weighted by molar-refractivity contribution is 5.93. The number of nitrogens with one attached hydrogen (secondary N) is 3. The molecule has 2 aliphatic heterocycles. The summed E-state index contributed by atoms with van der Waals surface area (Å²) in [4.78, 5) is 26.0. The van der Waals surface area contributed by atoms with E-state index >= 15 is 0 Å². The standard InChI is InChI=1S/C19H28N4O2/c1-3-23-9-8-14(12-23)11-20-19(25)21-13(2)15-4-6-17-16(10-15)5-7-18(24)22-17/h4,6,10,13-14H,3,5,7-9,11-12H2,1-2H3,(H,22,24)(H2,20,21,25). The summed E-state index contributed by atoms with van der Waals surface area (Å²) in [6.07, 6.45) is 2.43. The normalized spacial score (nSPS) is 21.4. The average Bonchev–Trinajstić information content (AvgIpc) is 3.07. The average molecular weight is 344 g/mol. The van der Waals surface area contributed by atoms with E-state index in [2.05, 4.69) is 33.8 Å². The number of urea groups is 1. The molecule has 3 N–H and O–H groups in total. The van der Waals surface area contributed by atoms with Crippen LogP contribution in [0.2, 0.25) is 0 Å². The van der Waals surface area contributed by atoms with Crippen LogP contribution in [0.4, 0.5) is 10.5 Å². The number of hydrogen-bond acceptors (Lipinski definition) is 3. The van der Waals surface area contributed by atoms with E-state index in [1.165, 1.54) is 0 Å². The second-order valence-electron chi connectivity index (χ2n) is 7.09. The van der Waals surface area contributed by atoms with Gasteiger partial charge in [-0.1, -0.05) is 19.1 Å². The molecule has 2 unspecified atom stereocenters. The van der Waals surface area contributed by atoms with Crippen LogP contribution in [0.5, 0.6) is 0 Å². The van der Waals surface area contributed by atoms with Gasteiger partial charge in [0.25, 0.3) is 0 Å². The minimum atomic E-state index is -0.117. The van der Waals surface area contributed by atoms with Crippen molar-refractivity contribution in [1.82, 2.24) is 15.5 Å². The summed E-state index contributed by atoms with van der Waals surface area (Å²) >= 11 is 0. The highest BCUT2D eigenvalue weighted by Gasteiger charge is 2.22. The second-order valence-corrected chi connectivity index (χ2v) is 7.09. The van der Waals surface area contributed by atoms with Gasteiger partial charge in [-0.05, 0) is 56.0 Å². The maximum absolute atomic E-state index is 12.2. The molecule has 0 aromatic heterocycles. The van der Waals surface area contributed by atoms with Gasteiger partial charge >= 0.3 is 6.03 Å². The zero-order valence-corrected chi connectivity index (χ0v) is 15.1. The number of fused-ring (bicyclic) bond motifs is 1. The second kappa shape index (κ2) is 7.87. The Balaban J connectivity index is 1.49. The van der Waals surface area contributed by atoms with Gasteiger partial charge in [0.2, 0.25) is 5.91 Å². The molecule has 3 rings (SSSR count). The molecule has 0 radical (unpaired) electrons. The first-order chi connectivity index (χ1) is 12.0. The van der Waals surface area contributed by atoms with E-state index < -0.39 is 0 Å². The number of rotatable bonds is 5. The molecule has 2 atom stereocenters. The third kappa shape index (κ3) is 4.51. The first-order valence-electron chi connectivity index (χ1n) is 9.24. The van der Waals surface area contributed by atoms with Crippen LogP contribution in [0, 0.1) is 5.92 Å². The van der Waals surface area contributed by atoms with Crippen LogP contribution >= 0.6 is 0 Å². The smallest absolute Gasteiger partial charge is 0.315 e. The van der Waals surface area contributed by atoms with Gasteiger partial charge in [-0.15, -0.1) is 0 Å². The van der Waals surface area contributed by atoms with Gasteiger partial charge in [0.05, 0.1) is 6.04 Å². The predicted molar refractivity (Wildman–Crippen MR) is 98.6 cm³/mol. The number of aryl methyl sites for hydroxylation is 1. The first kappa shape index (κ1) is 17.7. The Kier molecular flexibility index (Phi) is 5.58. The fourth-order valence-electron chi connectivity index (χ4n) is 3.61. The van der Waals surface area contributed by atoms with Crippen molar-refractivity contribution in [3.05, 3.63) is 29.3 Å². The van der Waals surface area contributed by atoms with Crippen molar-refractivity contribution in [1.29, 1.82) is 0 Å². The molecule has 25 heavy (non-hydrogen) atoms. The van der Waals surface area contributed by atoms with Gasteiger partial charge in [-0.2, -0.15) is 0 Å². The van der Waals surface area contributed by atoms with Crippen molar-refractivity contribution in [2.24, 2.45) is 5.92 Å². The first-order valence-corrected chi connectivity index (χ1v) is 9.24. The Morgan fingerprint density at radius 1 is 1.40 bits per heavy atom. The van der Waals surface area contributed by atoms with E-state index in [-0.39, 0.29) is 18.0 Å². The van der Waals surface area contributed by atoms with Crippen molar-refractivity contribution in [2.45, 2.75) is 39.2 Å². The SMILES string of the molecule is CCN1CCC(CNC(=O)NC(C)c2ccc3c(c2)CCC(=O)N3)C1. The fourth-order valence-corrected chi connectivity index (χ4v) is 3.61. The zero-order chi connectivity index (χ0) is 17.8. The van der Waals surface area contributed by atoms with E-state index in [0.717, 1.165) is 55.8 Å². The van der Waals surface area contributed by atoms with Gasteiger partial charge in [0.15, 0.2) is 0 Å². The van der Waals surface area contributed by atoms with Gasteiger partial charge in [-0.25, -0.2) is 4.79 Å². The molecule has 6 nitrogen and oxygen atoms in total. The molecule has 3 amide bonds. The molecule has 1 saturated heterocycles. The van der Waals surface area contributed by atoms with E-state index in [9.17, 15) is 9.59 Å². The summed E-state index contributed by atoms with van der Waals surface area (Å²) in [6.45, 7) is 8.17. The van der Waals surface area contributed by atoms with Crippen LogP contribution in [0.3, 0.4) is 0 Å². The van der Waals surface area contributed by atoms with E-state index in [4.69, 9.17) is 0 Å². The number of amides is 3. The van der Waals surface area contributed by atoms with Crippen LogP contribution < -0.4 is 16.0 Å².